The van der Waals surface area contributed by atoms with E-state index in [1.807, 2.05) is 13.0 Å². The van der Waals surface area contributed by atoms with Crippen LogP contribution in [0.2, 0.25) is 5.02 Å². The van der Waals surface area contributed by atoms with Gasteiger partial charge >= 0.3 is 6.18 Å². The Hall–Kier alpha value is -2.98. The molecule has 140 valence electrons. The lowest BCUT2D eigenvalue weighted by Gasteiger charge is -2.13. The van der Waals surface area contributed by atoms with Gasteiger partial charge in [0.1, 0.15) is 11.6 Å². The average Bonchev–Trinajstić information content (AvgIpc) is 2.56. The van der Waals surface area contributed by atoms with Crippen LogP contribution in [0.4, 0.5) is 24.5 Å². The highest BCUT2D eigenvalue weighted by Crippen LogP contribution is 2.34. The smallest absolute Gasteiger partial charge is 0.359 e. The average molecular weight is 394 g/mol. The molecule has 2 N–H and O–H groups in total. The molecule has 2 aromatic rings. The number of halogens is 4. The van der Waals surface area contributed by atoms with Crippen LogP contribution >= 0.6 is 11.6 Å². The van der Waals surface area contributed by atoms with Crippen LogP contribution < -0.4 is 10.6 Å². The lowest BCUT2D eigenvalue weighted by molar-refractivity contribution is -0.137. The zero-order valence-electron chi connectivity index (χ0n) is 14.4. The van der Waals surface area contributed by atoms with Crippen molar-refractivity contribution in [3.05, 3.63) is 69.9 Å². The normalized spacial score (nSPS) is 11.7. The number of hydrogen-bond donors (Lipinski definition) is 2. The van der Waals surface area contributed by atoms with Crippen molar-refractivity contribution in [2.45, 2.75) is 20.0 Å². The van der Waals surface area contributed by atoms with Crippen molar-refractivity contribution >= 4 is 28.9 Å². The number of amides is 1. The zero-order chi connectivity index (χ0) is 20.2. The first kappa shape index (κ1) is 20.3. The SMILES string of the molecule is Cc1cc(C)c(N/C=C(/C#N)C(=O)Nc2ccccc2C(F)(F)F)c(Cl)c1. The van der Waals surface area contributed by atoms with E-state index in [4.69, 9.17) is 11.6 Å². The molecule has 0 atom stereocenters. The van der Waals surface area contributed by atoms with Gasteiger partial charge in [0.15, 0.2) is 0 Å². The minimum absolute atomic E-state index is 0.392. The Balaban J connectivity index is 2.26. The van der Waals surface area contributed by atoms with Gasteiger partial charge in [-0.25, -0.2) is 0 Å². The van der Waals surface area contributed by atoms with Crippen molar-refractivity contribution in [1.29, 1.82) is 5.26 Å². The van der Waals surface area contributed by atoms with Gasteiger partial charge in [-0.1, -0.05) is 29.8 Å². The van der Waals surface area contributed by atoms with Crippen molar-refractivity contribution in [1.82, 2.24) is 0 Å². The van der Waals surface area contributed by atoms with Crippen molar-refractivity contribution in [2.24, 2.45) is 0 Å². The molecule has 1 amide bonds. The van der Waals surface area contributed by atoms with Crippen LogP contribution in [0, 0.1) is 25.2 Å². The van der Waals surface area contributed by atoms with Crippen LogP contribution in [0.1, 0.15) is 16.7 Å². The monoisotopic (exact) mass is 393 g/mol. The number of nitrogens with zero attached hydrogens (tertiary/aromatic N) is 1. The molecule has 0 aromatic heterocycles. The minimum Gasteiger partial charge on any atom is -0.359 e. The third-order valence-corrected chi connectivity index (χ3v) is 3.94. The Kier molecular flexibility index (Phi) is 6.13. The van der Waals surface area contributed by atoms with Gasteiger partial charge in [-0.2, -0.15) is 18.4 Å². The number of aryl methyl sites for hydroxylation is 2. The fraction of sp³-hybridized carbons (Fsp3) is 0.158. The molecular weight excluding hydrogens is 379 g/mol. The van der Waals surface area contributed by atoms with E-state index < -0.39 is 28.9 Å². The molecular formula is C19H15ClF3N3O. The summed E-state index contributed by atoms with van der Waals surface area (Å²) in [5, 5.41) is 14.5. The van der Waals surface area contributed by atoms with E-state index in [-0.39, 0.29) is 0 Å². The molecule has 4 nitrogen and oxygen atoms in total. The molecule has 0 spiro atoms. The van der Waals surface area contributed by atoms with Gasteiger partial charge in [0.05, 0.1) is 22.0 Å². The highest BCUT2D eigenvalue weighted by atomic mass is 35.5. The molecule has 0 saturated heterocycles. The fourth-order valence-electron chi connectivity index (χ4n) is 2.42. The van der Waals surface area contributed by atoms with Gasteiger partial charge in [0.25, 0.3) is 5.91 Å². The van der Waals surface area contributed by atoms with E-state index in [0.29, 0.717) is 10.7 Å². The van der Waals surface area contributed by atoms with E-state index in [2.05, 4.69) is 10.6 Å². The molecule has 2 rings (SSSR count). The molecule has 0 unspecified atom stereocenters. The van der Waals surface area contributed by atoms with Crippen molar-refractivity contribution < 1.29 is 18.0 Å². The number of nitrogens with one attached hydrogen (secondary N) is 2. The Morgan fingerprint density at radius 2 is 1.89 bits per heavy atom. The number of carbonyl (C=O) groups is 1. The highest BCUT2D eigenvalue weighted by Gasteiger charge is 2.33. The lowest BCUT2D eigenvalue weighted by atomic mass is 10.1. The molecule has 8 heteroatoms. The summed E-state index contributed by atoms with van der Waals surface area (Å²) in [4.78, 5) is 12.2. The number of para-hydroxylation sites is 1. The molecule has 0 radical (unpaired) electrons. The summed E-state index contributed by atoms with van der Waals surface area (Å²) in [6.45, 7) is 3.66. The van der Waals surface area contributed by atoms with Crippen LogP contribution in [0.15, 0.2) is 48.2 Å². The molecule has 2 aromatic carbocycles. The van der Waals surface area contributed by atoms with E-state index >= 15 is 0 Å². The molecule has 0 aliphatic rings. The second-order valence-electron chi connectivity index (χ2n) is 5.75. The highest BCUT2D eigenvalue weighted by molar-refractivity contribution is 6.33. The maximum Gasteiger partial charge on any atom is 0.418 e. The van der Waals surface area contributed by atoms with Crippen molar-refractivity contribution in [3.8, 4) is 6.07 Å². The summed E-state index contributed by atoms with van der Waals surface area (Å²) in [6.07, 6.45) is -3.53. The Morgan fingerprint density at radius 3 is 2.48 bits per heavy atom. The number of nitriles is 1. The topological polar surface area (TPSA) is 64.9 Å². The zero-order valence-corrected chi connectivity index (χ0v) is 15.2. The summed E-state index contributed by atoms with van der Waals surface area (Å²) < 4.78 is 39.0. The quantitative estimate of drug-likeness (QED) is 0.537. The van der Waals surface area contributed by atoms with E-state index in [0.717, 1.165) is 29.5 Å². The predicted molar refractivity (Wildman–Crippen MR) is 98.3 cm³/mol. The number of carbonyl (C=O) groups excluding carboxylic acids is 1. The molecule has 0 aliphatic carbocycles. The largest absolute Gasteiger partial charge is 0.418 e. The second kappa shape index (κ2) is 8.14. The van der Waals surface area contributed by atoms with Gasteiger partial charge in [0.2, 0.25) is 0 Å². The van der Waals surface area contributed by atoms with E-state index in [1.54, 1.807) is 19.1 Å². The van der Waals surface area contributed by atoms with Crippen molar-refractivity contribution in [2.75, 3.05) is 10.6 Å². The third kappa shape index (κ3) is 5.02. The molecule has 0 aliphatic heterocycles. The maximum atomic E-state index is 13.0. The van der Waals surface area contributed by atoms with Gasteiger partial charge in [-0.15, -0.1) is 0 Å². The Labute approximate surface area is 159 Å². The Morgan fingerprint density at radius 1 is 1.22 bits per heavy atom. The van der Waals surface area contributed by atoms with E-state index in [9.17, 15) is 23.2 Å². The number of benzene rings is 2. The first-order valence-electron chi connectivity index (χ1n) is 7.74. The summed E-state index contributed by atoms with van der Waals surface area (Å²) in [7, 11) is 0. The van der Waals surface area contributed by atoms with Crippen LogP contribution in [-0.4, -0.2) is 5.91 Å². The van der Waals surface area contributed by atoms with Crippen LogP contribution in [0.3, 0.4) is 0 Å². The fourth-order valence-corrected chi connectivity index (χ4v) is 2.80. The summed E-state index contributed by atoms with van der Waals surface area (Å²) in [5.74, 6) is -0.970. The lowest BCUT2D eigenvalue weighted by Crippen LogP contribution is -2.18. The second-order valence-corrected chi connectivity index (χ2v) is 6.16. The van der Waals surface area contributed by atoms with Crippen LogP contribution in [0.5, 0.6) is 0 Å². The first-order valence-corrected chi connectivity index (χ1v) is 8.12. The first-order chi connectivity index (χ1) is 12.6. The summed E-state index contributed by atoms with van der Waals surface area (Å²) in [6, 6.07) is 9.75. The van der Waals surface area contributed by atoms with E-state index in [1.165, 1.54) is 12.1 Å². The molecule has 0 bridgehead atoms. The number of hydrogen-bond acceptors (Lipinski definition) is 3. The molecule has 0 heterocycles. The predicted octanol–water partition coefficient (Wildman–Crippen LogP) is 5.43. The van der Waals surface area contributed by atoms with Crippen LogP contribution in [0.25, 0.3) is 0 Å². The third-order valence-electron chi connectivity index (χ3n) is 3.64. The van der Waals surface area contributed by atoms with Gasteiger partial charge < -0.3 is 10.6 Å². The Bertz CT molecular complexity index is 923. The number of rotatable bonds is 4. The molecule has 0 saturated carbocycles. The van der Waals surface area contributed by atoms with Crippen LogP contribution in [-0.2, 0) is 11.0 Å². The number of anilines is 2. The molecule has 27 heavy (non-hydrogen) atoms. The summed E-state index contributed by atoms with van der Waals surface area (Å²) >= 11 is 6.14. The van der Waals surface area contributed by atoms with Crippen molar-refractivity contribution in [3.63, 3.8) is 0 Å². The van der Waals surface area contributed by atoms with Gasteiger partial charge in [-0.05, 0) is 43.2 Å². The maximum absolute atomic E-state index is 13.0. The van der Waals surface area contributed by atoms with Gasteiger partial charge in [0, 0.05) is 6.20 Å². The number of alkyl halides is 3. The summed E-state index contributed by atoms with van der Waals surface area (Å²) in [5.41, 5.74) is 0.397. The molecule has 0 fully saturated rings. The van der Waals surface area contributed by atoms with Gasteiger partial charge in [-0.3, -0.25) is 4.79 Å². The standard InChI is InChI=1S/C19H15ClF3N3O/c1-11-7-12(2)17(15(20)8-11)25-10-13(9-24)18(27)26-16-6-4-3-5-14(16)19(21,22)23/h3-8,10,25H,1-2H3,(H,26,27)/b13-10-. The minimum atomic E-state index is -4.63.